The van der Waals surface area contributed by atoms with Crippen molar-refractivity contribution in [2.45, 2.75) is 13.0 Å². The molecule has 0 heterocycles. The molecule has 90 valence electrons. The number of ether oxygens (including phenoxy) is 1. The molecule has 4 heteroatoms. The smallest absolute Gasteiger partial charge is 0.138 e. The lowest BCUT2D eigenvalue weighted by Crippen LogP contribution is -2.20. The van der Waals surface area contributed by atoms with Gasteiger partial charge in [0.2, 0.25) is 0 Å². The number of aromatic hydroxyl groups is 1. The van der Waals surface area contributed by atoms with Crippen molar-refractivity contribution < 1.29 is 9.84 Å². The van der Waals surface area contributed by atoms with Crippen LogP contribution in [-0.2, 0) is 11.3 Å². The number of nitrogen functional groups attached to an aromatic ring is 1. The zero-order valence-corrected chi connectivity index (χ0v) is 9.94. The summed E-state index contributed by atoms with van der Waals surface area (Å²) in [6, 6.07) is 5.33. The second-order valence-corrected chi connectivity index (χ2v) is 3.98. The fourth-order valence-corrected chi connectivity index (χ4v) is 1.57. The lowest BCUT2D eigenvalue weighted by molar-refractivity contribution is 0.178. The molecule has 0 aliphatic heterocycles. The Morgan fingerprint density at radius 1 is 1.44 bits per heavy atom. The maximum Gasteiger partial charge on any atom is 0.138 e. The van der Waals surface area contributed by atoms with Crippen molar-refractivity contribution >= 4 is 5.69 Å². The van der Waals surface area contributed by atoms with Crippen LogP contribution in [0.25, 0.3) is 0 Å². The molecule has 0 saturated heterocycles. The quantitative estimate of drug-likeness (QED) is 0.436. The Balaban J connectivity index is 2.43. The minimum atomic E-state index is 0.144. The van der Waals surface area contributed by atoms with Gasteiger partial charge in [0.15, 0.2) is 0 Å². The Kier molecular flexibility index (Phi) is 5.08. The van der Waals surface area contributed by atoms with E-state index in [2.05, 4.69) is 11.9 Å². The fraction of sp³-hybridized carbons (Fsp3) is 0.500. The number of hydrogen-bond donors (Lipinski definition) is 2. The zero-order valence-electron chi connectivity index (χ0n) is 9.94. The predicted molar refractivity (Wildman–Crippen MR) is 65.3 cm³/mol. The number of rotatable bonds is 6. The van der Waals surface area contributed by atoms with Gasteiger partial charge >= 0.3 is 0 Å². The summed E-state index contributed by atoms with van der Waals surface area (Å²) in [6.45, 7) is 2.59. The molecule has 16 heavy (non-hydrogen) atoms. The minimum Gasteiger partial charge on any atom is -0.506 e. The van der Waals surface area contributed by atoms with Gasteiger partial charge in [-0.1, -0.05) is 6.07 Å². The van der Waals surface area contributed by atoms with Gasteiger partial charge in [-0.15, -0.1) is 0 Å². The number of nitrogens with two attached hydrogens (primary N) is 1. The highest BCUT2D eigenvalue weighted by Crippen LogP contribution is 2.20. The summed E-state index contributed by atoms with van der Waals surface area (Å²) in [5.41, 5.74) is 7.17. The molecule has 1 rings (SSSR count). The molecular weight excluding hydrogens is 204 g/mol. The van der Waals surface area contributed by atoms with E-state index in [9.17, 15) is 5.11 Å². The second kappa shape index (κ2) is 6.35. The molecule has 4 nitrogen and oxygen atoms in total. The molecule has 0 unspecified atom stereocenters. The first-order chi connectivity index (χ1) is 7.63. The molecule has 0 aliphatic rings. The molecular formula is C12H20N2O2. The van der Waals surface area contributed by atoms with Crippen molar-refractivity contribution in [3.8, 4) is 5.75 Å². The molecule has 0 aromatic heterocycles. The summed E-state index contributed by atoms with van der Waals surface area (Å²) in [6.07, 6.45) is 1.01. The lowest BCUT2D eigenvalue weighted by atomic mass is 10.2. The van der Waals surface area contributed by atoms with Crippen molar-refractivity contribution in [2.24, 2.45) is 0 Å². The highest BCUT2D eigenvalue weighted by molar-refractivity contribution is 5.53. The fourth-order valence-electron chi connectivity index (χ4n) is 1.57. The first-order valence-electron chi connectivity index (χ1n) is 5.38. The molecule has 0 fully saturated rings. The zero-order chi connectivity index (χ0) is 12.0. The Bertz CT molecular complexity index is 329. The van der Waals surface area contributed by atoms with Crippen molar-refractivity contribution in [3.05, 3.63) is 23.8 Å². The Labute approximate surface area is 96.6 Å². The summed E-state index contributed by atoms with van der Waals surface area (Å²) >= 11 is 0. The van der Waals surface area contributed by atoms with Gasteiger partial charge in [0.05, 0.1) is 5.69 Å². The van der Waals surface area contributed by atoms with Crippen molar-refractivity contribution in [3.63, 3.8) is 0 Å². The van der Waals surface area contributed by atoms with E-state index in [1.807, 2.05) is 12.1 Å². The highest BCUT2D eigenvalue weighted by Gasteiger charge is 2.02. The van der Waals surface area contributed by atoms with Crippen molar-refractivity contribution in [1.29, 1.82) is 0 Å². The van der Waals surface area contributed by atoms with Crippen LogP contribution in [-0.4, -0.2) is 37.3 Å². The molecule has 0 saturated carbocycles. The average Bonchev–Trinajstić information content (AvgIpc) is 2.24. The van der Waals surface area contributed by atoms with Crippen LogP contribution in [0.5, 0.6) is 5.75 Å². The Hall–Kier alpha value is -1.26. The molecule has 1 aromatic rings. The Morgan fingerprint density at radius 2 is 2.19 bits per heavy atom. The number of phenols is 1. The molecule has 0 bridgehead atoms. The topological polar surface area (TPSA) is 58.7 Å². The summed E-state index contributed by atoms with van der Waals surface area (Å²) in [4.78, 5) is 2.20. The van der Waals surface area contributed by atoms with Gasteiger partial charge in [-0.05, 0) is 31.2 Å². The number of nitrogens with zero attached hydrogens (tertiary/aromatic N) is 1. The van der Waals surface area contributed by atoms with Crippen molar-refractivity contribution in [2.75, 3.05) is 33.0 Å². The SMILES string of the molecule is COCCCN(C)Cc1ccc(O)c(N)c1. The van der Waals surface area contributed by atoms with Crippen LogP contribution >= 0.6 is 0 Å². The van der Waals surface area contributed by atoms with E-state index in [1.165, 1.54) is 0 Å². The lowest BCUT2D eigenvalue weighted by Gasteiger charge is -2.16. The highest BCUT2D eigenvalue weighted by atomic mass is 16.5. The van der Waals surface area contributed by atoms with Crippen LogP contribution < -0.4 is 5.73 Å². The van der Waals surface area contributed by atoms with E-state index >= 15 is 0 Å². The van der Waals surface area contributed by atoms with E-state index in [4.69, 9.17) is 10.5 Å². The predicted octanol–water partition coefficient (Wildman–Crippen LogP) is 1.44. The van der Waals surface area contributed by atoms with Gasteiger partial charge in [0.1, 0.15) is 5.75 Å². The number of methoxy groups -OCH3 is 1. The third-order valence-electron chi connectivity index (χ3n) is 2.43. The molecule has 0 radical (unpaired) electrons. The molecule has 0 spiro atoms. The van der Waals surface area contributed by atoms with E-state index < -0.39 is 0 Å². The number of anilines is 1. The van der Waals surface area contributed by atoms with Crippen LogP contribution in [0.2, 0.25) is 0 Å². The van der Waals surface area contributed by atoms with Gasteiger partial charge < -0.3 is 20.5 Å². The summed E-state index contributed by atoms with van der Waals surface area (Å²) in [5.74, 6) is 0.144. The largest absolute Gasteiger partial charge is 0.506 e. The molecule has 0 amide bonds. The first-order valence-corrected chi connectivity index (χ1v) is 5.38. The molecule has 3 N–H and O–H groups in total. The van der Waals surface area contributed by atoms with Crippen LogP contribution in [0.1, 0.15) is 12.0 Å². The third kappa shape index (κ3) is 4.08. The van der Waals surface area contributed by atoms with E-state index in [0.717, 1.165) is 31.7 Å². The maximum atomic E-state index is 9.30. The number of benzene rings is 1. The van der Waals surface area contributed by atoms with Gasteiger partial charge in [-0.2, -0.15) is 0 Å². The van der Waals surface area contributed by atoms with Crippen LogP contribution in [0.15, 0.2) is 18.2 Å². The van der Waals surface area contributed by atoms with Crippen LogP contribution in [0, 0.1) is 0 Å². The molecule has 1 aromatic carbocycles. The van der Waals surface area contributed by atoms with Gasteiger partial charge in [-0.3, -0.25) is 0 Å². The van der Waals surface area contributed by atoms with Gasteiger partial charge in [0.25, 0.3) is 0 Å². The summed E-state index contributed by atoms with van der Waals surface area (Å²) in [5, 5.41) is 9.30. The van der Waals surface area contributed by atoms with Gasteiger partial charge in [0, 0.05) is 26.8 Å². The van der Waals surface area contributed by atoms with Crippen LogP contribution in [0.3, 0.4) is 0 Å². The van der Waals surface area contributed by atoms with Crippen LogP contribution in [0.4, 0.5) is 5.69 Å². The number of phenolic OH excluding ortho intramolecular Hbond substituents is 1. The standard InChI is InChI=1S/C12H20N2O2/c1-14(6-3-7-16-2)9-10-4-5-12(15)11(13)8-10/h4-5,8,15H,3,6-7,9,13H2,1-2H3. The van der Waals surface area contributed by atoms with Crippen molar-refractivity contribution in [1.82, 2.24) is 4.90 Å². The van der Waals surface area contributed by atoms with E-state index in [1.54, 1.807) is 13.2 Å². The summed E-state index contributed by atoms with van der Waals surface area (Å²) < 4.78 is 5.00. The Morgan fingerprint density at radius 3 is 2.81 bits per heavy atom. The third-order valence-corrected chi connectivity index (χ3v) is 2.43. The normalized spacial score (nSPS) is 10.9. The summed E-state index contributed by atoms with van der Waals surface area (Å²) in [7, 11) is 3.76. The van der Waals surface area contributed by atoms with E-state index in [0.29, 0.717) is 5.69 Å². The molecule has 0 atom stereocenters. The second-order valence-electron chi connectivity index (χ2n) is 3.98. The van der Waals surface area contributed by atoms with Gasteiger partial charge in [-0.25, -0.2) is 0 Å². The maximum absolute atomic E-state index is 9.30. The number of hydrogen-bond acceptors (Lipinski definition) is 4. The van der Waals surface area contributed by atoms with E-state index in [-0.39, 0.29) is 5.75 Å². The molecule has 0 aliphatic carbocycles. The average molecular weight is 224 g/mol. The first kappa shape index (κ1) is 12.8. The minimum absolute atomic E-state index is 0.144. The monoisotopic (exact) mass is 224 g/mol.